The van der Waals surface area contributed by atoms with Crippen LogP contribution in [0.3, 0.4) is 0 Å². The molecule has 4 rings (SSSR count). The van der Waals surface area contributed by atoms with E-state index in [9.17, 15) is 9.59 Å². The van der Waals surface area contributed by atoms with Gasteiger partial charge in [0.2, 0.25) is 5.91 Å². The zero-order chi connectivity index (χ0) is 21.0. The molecule has 0 unspecified atom stereocenters. The zero-order valence-electron chi connectivity index (χ0n) is 17.8. The van der Waals surface area contributed by atoms with Crippen LogP contribution in [0.1, 0.15) is 44.8 Å². The first-order chi connectivity index (χ1) is 14.6. The predicted octanol–water partition coefficient (Wildman–Crippen LogP) is 3.13. The highest BCUT2D eigenvalue weighted by atomic mass is 16.6. The van der Waals surface area contributed by atoms with Gasteiger partial charge in [-0.05, 0) is 75.7 Å². The number of likely N-dealkylation sites (tertiary alicyclic amines) is 2. The predicted molar refractivity (Wildman–Crippen MR) is 114 cm³/mol. The number of carbonyl (C=O) groups excluding carboxylic acids is 2. The second-order valence-electron chi connectivity index (χ2n) is 8.81. The summed E-state index contributed by atoms with van der Waals surface area (Å²) in [5.41, 5.74) is 0.219. The fourth-order valence-corrected chi connectivity index (χ4v) is 4.88. The SMILES string of the molecule is CCOC(=O)N1CCC(NC(=O)[C@H]2CC23CCN(C/C=C/c2ccco2)CC3)CC1. The number of ether oxygens (including phenoxy) is 1. The number of carbonyl (C=O) groups is 2. The lowest BCUT2D eigenvalue weighted by Crippen LogP contribution is -2.47. The van der Waals surface area contributed by atoms with Crippen molar-refractivity contribution in [2.75, 3.05) is 39.3 Å². The summed E-state index contributed by atoms with van der Waals surface area (Å²) in [4.78, 5) is 28.8. The second kappa shape index (κ2) is 9.25. The van der Waals surface area contributed by atoms with E-state index >= 15 is 0 Å². The Morgan fingerprint density at radius 1 is 1.27 bits per heavy atom. The van der Waals surface area contributed by atoms with E-state index in [0.29, 0.717) is 19.7 Å². The summed E-state index contributed by atoms with van der Waals surface area (Å²) in [5, 5.41) is 3.25. The molecule has 1 spiro atoms. The Bertz CT molecular complexity index is 745. The van der Waals surface area contributed by atoms with Gasteiger partial charge in [0.15, 0.2) is 0 Å². The van der Waals surface area contributed by atoms with Crippen LogP contribution in [-0.2, 0) is 9.53 Å². The molecular weight excluding hydrogens is 382 g/mol. The van der Waals surface area contributed by atoms with E-state index < -0.39 is 0 Å². The maximum Gasteiger partial charge on any atom is 0.409 e. The molecule has 30 heavy (non-hydrogen) atoms. The van der Waals surface area contributed by atoms with Crippen LogP contribution in [0.2, 0.25) is 0 Å². The van der Waals surface area contributed by atoms with Gasteiger partial charge in [-0.25, -0.2) is 4.79 Å². The van der Waals surface area contributed by atoms with E-state index in [1.54, 1.807) is 11.2 Å². The fraction of sp³-hybridized carbons (Fsp3) is 0.652. The zero-order valence-corrected chi connectivity index (χ0v) is 17.8. The lowest BCUT2D eigenvalue weighted by Gasteiger charge is -2.33. The molecule has 3 fully saturated rings. The number of amides is 2. The molecule has 164 valence electrons. The summed E-state index contributed by atoms with van der Waals surface area (Å²) in [6.45, 7) is 6.54. The Labute approximate surface area is 178 Å². The van der Waals surface area contributed by atoms with Gasteiger partial charge in [-0.2, -0.15) is 0 Å². The van der Waals surface area contributed by atoms with Crippen molar-refractivity contribution >= 4 is 18.1 Å². The fourth-order valence-electron chi connectivity index (χ4n) is 4.88. The summed E-state index contributed by atoms with van der Waals surface area (Å²) in [7, 11) is 0. The minimum atomic E-state index is -0.241. The highest BCUT2D eigenvalue weighted by Crippen LogP contribution is 2.59. The molecule has 7 nitrogen and oxygen atoms in total. The highest BCUT2D eigenvalue weighted by Gasteiger charge is 2.58. The standard InChI is InChI=1S/C23H33N3O4/c1-2-29-22(28)26-12-7-18(8-13-26)24-21(27)20-17-23(20)9-14-25(15-10-23)11-3-5-19-6-4-16-30-19/h3-6,16,18,20H,2,7-15,17H2,1H3,(H,24,27)/b5-3+/t20-/m1/s1. The summed E-state index contributed by atoms with van der Waals surface area (Å²) in [5.74, 6) is 1.27. The molecule has 2 aliphatic heterocycles. The van der Waals surface area contributed by atoms with E-state index in [4.69, 9.17) is 9.15 Å². The van der Waals surface area contributed by atoms with Gasteiger partial charge in [-0.3, -0.25) is 9.69 Å². The first-order valence-corrected chi connectivity index (χ1v) is 11.2. The maximum atomic E-state index is 12.8. The third-order valence-electron chi connectivity index (χ3n) is 6.91. The van der Waals surface area contributed by atoms with Crippen LogP contribution in [0.25, 0.3) is 6.08 Å². The van der Waals surface area contributed by atoms with E-state index in [0.717, 1.165) is 57.5 Å². The van der Waals surface area contributed by atoms with E-state index in [-0.39, 0.29) is 29.4 Å². The molecule has 0 bridgehead atoms. The van der Waals surface area contributed by atoms with Gasteiger partial charge < -0.3 is 19.4 Å². The van der Waals surface area contributed by atoms with Crippen LogP contribution >= 0.6 is 0 Å². The van der Waals surface area contributed by atoms with Crippen LogP contribution in [0.5, 0.6) is 0 Å². The summed E-state index contributed by atoms with van der Waals surface area (Å²) < 4.78 is 10.4. The van der Waals surface area contributed by atoms with Crippen molar-refractivity contribution in [1.82, 2.24) is 15.1 Å². The molecule has 1 saturated carbocycles. The lowest BCUT2D eigenvalue weighted by molar-refractivity contribution is -0.124. The molecule has 7 heteroatoms. The van der Waals surface area contributed by atoms with Gasteiger partial charge in [0.05, 0.1) is 12.9 Å². The summed E-state index contributed by atoms with van der Waals surface area (Å²) >= 11 is 0. The second-order valence-corrected chi connectivity index (χ2v) is 8.81. The van der Waals surface area contributed by atoms with Crippen LogP contribution in [-0.4, -0.2) is 67.2 Å². The Hall–Kier alpha value is -2.28. The molecule has 3 heterocycles. The van der Waals surface area contributed by atoms with Crippen molar-refractivity contribution < 1.29 is 18.7 Å². The minimum absolute atomic E-state index is 0.168. The monoisotopic (exact) mass is 415 g/mol. The van der Waals surface area contributed by atoms with Gasteiger partial charge >= 0.3 is 6.09 Å². The quantitative estimate of drug-likeness (QED) is 0.773. The molecular formula is C23H33N3O4. The van der Waals surface area contributed by atoms with Crippen LogP contribution in [0, 0.1) is 11.3 Å². The molecule has 0 aromatic carbocycles. The Morgan fingerprint density at radius 3 is 2.70 bits per heavy atom. The number of hydrogen-bond donors (Lipinski definition) is 1. The Morgan fingerprint density at radius 2 is 2.03 bits per heavy atom. The normalized spacial score (nSPS) is 24.3. The van der Waals surface area contributed by atoms with E-state index in [1.807, 2.05) is 25.1 Å². The molecule has 0 radical (unpaired) electrons. The largest absolute Gasteiger partial charge is 0.465 e. The van der Waals surface area contributed by atoms with Crippen molar-refractivity contribution in [3.63, 3.8) is 0 Å². The van der Waals surface area contributed by atoms with Crippen LogP contribution in [0.4, 0.5) is 4.79 Å². The maximum absolute atomic E-state index is 12.8. The molecule has 1 aliphatic carbocycles. The summed E-state index contributed by atoms with van der Waals surface area (Å²) in [6.07, 6.45) is 10.4. The molecule has 1 aromatic heterocycles. The number of rotatable bonds is 6. The number of nitrogens with one attached hydrogen (secondary N) is 1. The van der Waals surface area contributed by atoms with Gasteiger partial charge in [-0.15, -0.1) is 0 Å². The summed E-state index contributed by atoms with van der Waals surface area (Å²) in [6, 6.07) is 4.02. The van der Waals surface area contributed by atoms with Gasteiger partial charge in [0, 0.05) is 31.6 Å². The Kier molecular flexibility index (Phi) is 6.46. The molecule has 2 saturated heterocycles. The van der Waals surface area contributed by atoms with Crippen molar-refractivity contribution in [3.05, 3.63) is 30.2 Å². The van der Waals surface area contributed by atoms with Crippen molar-refractivity contribution in [1.29, 1.82) is 0 Å². The van der Waals surface area contributed by atoms with Gasteiger partial charge in [0.25, 0.3) is 0 Å². The van der Waals surface area contributed by atoms with E-state index in [1.165, 1.54) is 0 Å². The number of hydrogen-bond acceptors (Lipinski definition) is 5. The lowest BCUT2D eigenvalue weighted by atomic mass is 9.90. The number of furan rings is 1. The highest BCUT2D eigenvalue weighted by molar-refractivity contribution is 5.83. The van der Waals surface area contributed by atoms with Crippen molar-refractivity contribution in [3.8, 4) is 0 Å². The van der Waals surface area contributed by atoms with Gasteiger partial charge in [-0.1, -0.05) is 6.08 Å². The first-order valence-electron chi connectivity index (χ1n) is 11.2. The number of nitrogens with zero attached hydrogens (tertiary/aromatic N) is 2. The molecule has 2 amide bonds. The topological polar surface area (TPSA) is 75.0 Å². The average Bonchev–Trinajstić information content (AvgIpc) is 3.19. The van der Waals surface area contributed by atoms with Crippen molar-refractivity contribution in [2.24, 2.45) is 11.3 Å². The van der Waals surface area contributed by atoms with E-state index in [2.05, 4.69) is 16.3 Å². The van der Waals surface area contributed by atoms with Crippen molar-refractivity contribution in [2.45, 2.75) is 45.1 Å². The molecule has 1 aromatic rings. The minimum Gasteiger partial charge on any atom is -0.465 e. The van der Waals surface area contributed by atoms with Crippen LogP contribution < -0.4 is 5.32 Å². The molecule has 3 aliphatic rings. The molecule has 1 atom stereocenters. The third-order valence-corrected chi connectivity index (χ3v) is 6.91. The first kappa shape index (κ1) is 21.0. The smallest absolute Gasteiger partial charge is 0.409 e. The molecule has 1 N–H and O–H groups in total. The van der Waals surface area contributed by atoms with Crippen LogP contribution in [0.15, 0.2) is 28.9 Å². The third kappa shape index (κ3) is 4.89. The number of piperidine rings is 2. The average molecular weight is 416 g/mol. The Balaban J connectivity index is 1.16. The van der Waals surface area contributed by atoms with Gasteiger partial charge in [0.1, 0.15) is 5.76 Å².